The summed E-state index contributed by atoms with van der Waals surface area (Å²) in [4.78, 5) is 51.6. The van der Waals surface area contributed by atoms with Gasteiger partial charge < -0.3 is 36.6 Å². The van der Waals surface area contributed by atoms with Crippen LogP contribution in [-0.4, -0.2) is 80.7 Å². The third-order valence-corrected chi connectivity index (χ3v) is 5.88. The molecule has 11 nitrogen and oxygen atoms in total. The van der Waals surface area contributed by atoms with Gasteiger partial charge in [-0.2, -0.15) is 0 Å². The SMILES string of the molecule is CC(C)C(NC(=O)C(Cc1ccc(O)cc1)NC(=O)C1CCCN1C(=O)C(N)C(C)O)C(=O)O. The Hall–Kier alpha value is -3.18. The molecule has 34 heavy (non-hydrogen) atoms. The molecule has 0 bridgehead atoms. The smallest absolute Gasteiger partial charge is 0.326 e. The zero-order valence-corrected chi connectivity index (χ0v) is 19.6. The van der Waals surface area contributed by atoms with E-state index in [9.17, 15) is 34.5 Å². The number of hydrogen-bond acceptors (Lipinski definition) is 7. The number of hydrogen-bond donors (Lipinski definition) is 6. The van der Waals surface area contributed by atoms with Crippen LogP contribution in [0.1, 0.15) is 39.2 Å². The maximum atomic E-state index is 13.1. The van der Waals surface area contributed by atoms with E-state index in [2.05, 4.69) is 10.6 Å². The fourth-order valence-electron chi connectivity index (χ4n) is 3.81. The number of nitrogens with two attached hydrogens (primary N) is 1. The molecule has 3 amide bonds. The number of aromatic hydroxyl groups is 1. The average Bonchev–Trinajstić information content (AvgIpc) is 3.26. The molecular weight excluding hydrogens is 444 g/mol. The van der Waals surface area contributed by atoms with Gasteiger partial charge in [-0.25, -0.2) is 4.79 Å². The molecule has 188 valence electrons. The first kappa shape index (κ1) is 27.1. The highest BCUT2D eigenvalue weighted by molar-refractivity contribution is 5.94. The monoisotopic (exact) mass is 478 g/mol. The Kier molecular flexibility index (Phi) is 9.39. The quantitative estimate of drug-likeness (QED) is 0.256. The van der Waals surface area contributed by atoms with Crippen molar-refractivity contribution in [2.45, 2.75) is 70.3 Å². The molecule has 0 spiro atoms. The standard InChI is InChI=1S/C23H34N4O7/c1-12(2)19(23(33)34)26-20(30)16(11-14-6-8-15(29)9-7-14)25-21(31)17-5-4-10-27(17)22(32)18(24)13(3)28/h6-9,12-13,16-19,28-29H,4-5,10-11,24H2,1-3H3,(H,25,31)(H,26,30)(H,33,34). The Bertz CT molecular complexity index is 888. The summed E-state index contributed by atoms with van der Waals surface area (Å²) in [7, 11) is 0. The predicted octanol–water partition coefficient (Wildman–Crippen LogP) is -0.656. The van der Waals surface area contributed by atoms with E-state index in [0.717, 1.165) is 0 Å². The highest BCUT2D eigenvalue weighted by Gasteiger charge is 2.39. The normalized spacial score (nSPS) is 19.2. The summed E-state index contributed by atoms with van der Waals surface area (Å²) in [5.41, 5.74) is 6.39. The number of rotatable bonds is 10. The number of nitrogens with zero attached hydrogens (tertiary/aromatic N) is 1. The zero-order chi connectivity index (χ0) is 25.6. The van der Waals surface area contributed by atoms with E-state index in [-0.39, 0.29) is 12.2 Å². The van der Waals surface area contributed by atoms with E-state index in [1.165, 1.54) is 24.0 Å². The van der Waals surface area contributed by atoms with E-state index in [4.69, 9.17) is 5.73 Å². The van der Waals surface area contributed by atoms with Crippen LogP contribution in [0.25, 0.3) is 0 Å². The van der Waals surface area contributed by atoms with Gasteiger partial charge in [-0.1, -0.05) is 26.0 Å². The number of carbonyl (C=O) groups is 4. The lowest BCUT2D eigenvalue weighted by atomic mass is 10.0. The molecule has 1 aromatic carbocycles. The summed E-state index contributed by atoms with van der Waals surface area (Å²) in [5, 5.41) is 33.7. The van der Waals surface area contributed by atoms with Crippen LogP contribution in [-0.2, 0) is 25.6 Å². The van der Waals surface area contributed by atoms with Crippen molar-refractivity contribution in [2.24, 2.45) is 11.7 Å². The number of aliphatic carboxylic acids is 1. The number of aliphatic hydroxyl groups is 1. The molecule has 0 aromatic heterocycles. The summed E-state index contributed by atoms with van der Waals surface area (Å²) in [6.07, 6.45) is -0.134. The largest absolute Gasteiger partial charge is 0.508 e. The molecular formula is C23H34N4O7. The molecule has 1 aromatic rings. The molecule has 5 atom stereocenters. The first-order valence-electron chi connectivity index (χ1n) is 11.3. The van der Waals surface area contributed by atoms with Gasteiger partial charge in [0.2, 0.25) is 17.7 Å². The Morgan fingerprint density at radius 1 is 1.12 bits per heavy atom. The molecule has 11 heteroatoms. The number of carboxylic acid groups (broad SMARTS) is 1. The number of carboxylic acids is 1. The van der Waals surface area contributed by atoms with Crippen LogP contribution in [0.2, 0.25) is 0 Å². The molecule has 5 unspecified atom stereocenters. The molecule has 1 aliphatic rings. The van der Waals surface area contributed by atoms with Crippen LogP contribution >= 0.6 is 0 Å². The number of phenols is 1. The van der Waals surface area contributed by atoms with Crippen molar-refractivity contribution in [1.82, 2.24) is 15.5 Å². The van der Waals surface area contributed by atoms with Crippen LogP contribution in [0.15, 0.2) is 24.3 Å². The van der Waals surface area contributed by atoms with Gasteiger partial charge in [0.25, 0.3) is 0 Å². The molecule has 1 aliphatic heterocycles. The second-order valence-corrected chi connectivity index (χ2v) is 8.96. The fraction of sp³-hybridized carbons (Fsp3) is 0.565. The van der Waals surface area contributed by atoms with E-state index in [1.54, 1.807) is 26.0 Å². The number of carbonyl (C=O) groups excluding carboxylic acids is 3. The number of benzene rings is 1. The van der Waals surface area contributed by atoms with Crippen molar-refractivity contribution in [3.8, 4) is 5.75 Å². The molecule has 7 N–H and O–H groups in total. The lowest BCUT2D eigenvalue weighted by Crippen LogP contribution is -2.58. The van der Waals surface area contributed by atoms with Crippen molar-refractivity contribution >= 4 is 23.7 Å². The zero-order valence-electron chi connectivity index (χ0n) is 19.6. The average molecular weight is 479 g/mol. The first-order valence-corrected chi connectivity index (χ1v) is 11.3. The molecule has 1 saturated heterocycles. The van der Waals surface area contributed by atoms with Gasteiger partial charge in [-0.3, -0.25) is 14.4 Å². The Morgan fingerprint density at radius 2 is 1.74 bits per heavy atom. The summed E-state index contributed by atoms with van der Waals surface area (Å²) < 4.78 is 0. The number of likely N-dealkylation sites (tertiary alicyclic amines) is 1. The van der Waals surface area contributed by atoms with E-state index in [0.29, 0.717) is 24.9 Å². The maximum Gasteiger partial charge on any atom is 0.326 e. The highest BCUT2D eigenvalue weighted by atomic mass is 16.4. The predicted molar refractivity (Wildman–Crippen MR) is 123 cm³/mol. The van der Waals surface area contributed by atoms with Crippen molar-refractivity contribution in [3.63, 3.8) is 0 Å². The second kappa shape index (κ2) is 11.8. The molecule has 0 saturated carbocycles. The summed E-state index contributed by atoms with van der Waals surface area (Å²) in [6, 6.07) is 1.74. The van der Waals surface area contributed by atoms with Crippen LogP contribution in [0.3, 0.4) is 0 Å². The lowest BCUT2D eigenvalue weighted by molar-refractivity contribution is -0.144. The van der Waals surface area contributed by atoms with Gasteiger partial charge in [-0.15, -0.1) is 0 Å². The van der Waals surface area contributed by atoms with Gasteiger partial charge in [0, 0.05) is 13.0 Å². The van der Waals surface area contributed by atoms with Gasteiger partial charge >= 0.3 is 5.97 Å². The van der Waals surface area contributed by atoms with Gasteiger partial charge in [0.1, 0.15) is 29.9 Å². The van der Waals surface area contributed by atoms with E-state index in [1.807, 2.05) is 0 Å². The third-order valence-electron chi connectivity index (χ3n) is 5.88. The summed E-state index contributed by atoms with van der Waals surface area (Å²) >= 11 is 0. The number of phenolic OH excluding ortho intramolecular Hbond substituents is 1. The van der Waals surface area contributed by atoms with Crippen LogP contribution in [0.5, 0.6) is 5.75 Å². The van der Waals surface area contributed by atoms with Crippen LogP contribution in [0.4, 0.5) is 0 Å². The molecule has 0 radical (unpaired) electrons. The van der Waals surface area contributed by atoms with Crippen molar-refractivity contribution < 1.29 is 34.5 Å². The number of amides is 3. The molecule has 0 aliphatic carbocycles. The molecule has 1 heterocycles. The van der Waals surface area contributed by atoms with Crippen LogP contribution in [0, 0.1) is 5.92 Å². The lowest BCUT2D eigenvalue weighted by Gasteiger charge is -2.29. The van der Waals surface area contributed by atoms with Crippen molar-refractivity contribution in [3.05, 3.63) is 29.8 Å². The first-order chi connectivity index (χ1) is 15.9. The van der Waals surface area contributed by atoms with Crippen molar-refractivity contribution in [1.29, 1.82) is 0 Å². The fourth-order valence-corrected chi connectivity index (χ4v) is 3.81. The Balaban J connectivity index is 2.23. The molecule has 2 rings (SSSR count). The number of nitrogens with one attached hydrogen (secondary N) is 2. The number of aliphatic hydroxyl groups excluding tert-OH is 1. The van der Waals surface area contributed by atoms with Gasteiger partial charge in [-0.05, 0) is 43.4 Å². The van der Waals surface area contributed by atoms with Crippen LogP contribution < -0.4 is 16.4 Å². The van der Waals surface area contributed by atoms with E-state index < -0.39 is 59.9 Å². The second-order valence-electron chi connectivity index (χ2n) is 8.96. The van der Waals surface area contributed by atoms with Gasteiger partial charge in [0.15, 0.2) is 0 Å². The van der Waals surface area contributed by atoms with E-state index >= 15 is 0 Å². The summed E-state index contributed by atoms with van der Waals surface area (Å²) in [6.45, 7) is 4.99. The third kappa shape index (κ3) is 6.91. The minimum atomic E-state index is -1.20. The Labute approximate surface area is 198 Å². The topological polar surface area (TPSA) is 182 Å². The maximum absolute atomic E-state index is 13.1. The van der Waals surface area contributed by atoms with Crippen molar-refractivity contribution in [2.75, 3.05) is 6.54 Å². The minimum Gasteiger partial charge on any atom is -0.508 e. The van der Waals surface area contributed by atoms with Gasteiger partial charge in [0.05, 0.1) is 6.10 Å². The summed E-state index contributed by atoms with van der Waals surface area (Å²) in [5.74, 6) is -3.36. The Morgan fingerprint density at radius 3 is 2.26 bits per heavy atom. The molecule has 1 fully saturated rings. The highest BCUT2D eigenvalue weighted by Crippen LogP contribution is 2.20. The minimum absolute atomic E-state index is 0.0362.